The largest absolute Gasteiger partial charge is 0.493 e. The maximum Gasteiger partial charge on any atom is 0.264 e. The number of rotatable bonds is 12. The van der Waals surface area contributed by atoms with Crippen molar-refractivity contribution in [2.75, 3.05) is 50.2 Å². The number of aliphatic hydroxyl groups excluding tert-OH is 1. The molecule has 3 aromatic carbocycles. The van der Waals surface area contributed by atoms with E-state index in [2.05, 4.69) is 53.2 Å². The lowest BCUT2D eigenvalue weighted by Crippen LogP contribution is -2.56. The second-order valence-corrected chi connectivity index (χ2v) is 15.1. The minimum atomic E-state index is -0.974. The smallest absolute Gasteiger partial charge is 0.264 e. The van der Waals surface area contributed by atoms with Gasteiger partial charge in [-0.3, -0.25) is 34.3 Å². The van der Waals surface area contributed by atoms with Crippen molar-refractivity contribution in [3.63, 3.8) is 0 Å². The second-order valence-electron chi connectivity index (χ2n) is 14.8. The van der Waals surface area contributed by atoms with Gasteiger partial charge in [-0.15, -0.1) is 11.6 Å². The van der Waals surface area contributed by atoms with Crippen LogP contribution in [0.1, 0.15) is 71.4 Å². The number of fused-ring (bicyclic) bond motifs is 1. The van der Waals surface area contributed by atoms with Gasteiger partial charge in [-0.25, -0.2) is 0 Å². The Balaban J connectivity index is 0.873. The number of hydrogen-bond acceptors (Lipinski definition) is 9. The standard InChI is InChI=1S/C40H45ClN4O7/c1-40(2,27-8-12-31(13-9-27)52-24-29(46)20-41)26-6-10-30(11-7-26)51-23-25-21-44(22-25)28-16-18-43(19-17-28)33-5-3-4-32-36(33)39(50)45(38(32)49)34-14-15-35(47)42-37(34)48/h3-13,25,28-29,34,46H,14-24H2,1-2H3,(H,42,47,48)/t29-,34?/m1/s1. The summed E-state index contributed by atoms with van der Waals surface area (Å²) in [5.41, 5.74) is 3.51. The lowest BCUT2D eigenvalue weighted by Gasteiger charge is -2.47. The summed E-state index contributed by atoms with van der Waals surface area (Å²) in [5, 5.41) is 11.9. The summed E-state index contributed by atoms with van der Waals surface area (Å²) >= 11 is 5.66. The first-order chi connectivity index (χ1) is 25.0. The van der Waals surface area contributed by atoms with Crippen LogP contribution in [0.25, 0.3) is 0 Å². The molecule has 52 heavy (non-hydrogen) atoms. The second kappa shape index (κ2) is 14.9. The maximum absolute atomic E-state index is 13.6. The van der Waals surface area contributed by atoms with Gasteiger partial charge in [0.1, 0.15) is 30.3 Å². The average molecular weight is 729 g/mol. The van der Waals surface area contributed by atoms with Crippen LogP contribution in [0, 0.1) is 5.92 Å². The van der Waals surface area contributed by atoms with E-state index in [1.807, 2.05) is 30.3 Å². The van der Waals surface area contributed by atoms with E-state index in [4.69, 9.17) is 21.1 Å². The molecule has 2 atom stereocenters. The SMILES string of the molecule is CC(C)(c1ccc(OCC2CN(C3CCN(c4cccc5c4C(=O)N(C4CCC(=O)NC4=O)C5=O)CC3)C2)cc1)c1ccc(OC[C@H](O)CCl)cc1. The first-order valence-corrected chi connectivity index (χ1v) is 18.6. The van der Waals surface area contributed by atoms with Crippen molar-refractivity contribution in [3.05, 3.63) is 89.0 Å². The van der Waals surface area contributed by atoms with Crippen LogP contribution in [0.4, 0.5) is 5.69 Å². The molecule has 3 aromatic rings. The predicted octanol–water partition coefficient (Wildman–Crippen LogP) is 4.37. The molecule has 3 saturated heterocycles. The van der Waals surface area contributed by atoms with Gasteiger partial charge in [-0.05, 0) is 66.8 Å². The number of amides is 4. The minimum absolute atomic E-state index is 0.0951. The third kappa shape index (κ3) is 7.14. The van der Waals surface area contributed by atoms with E-state index in [1.165, 1.54) is 5.56 Å². The highest BCUT2D eigenvalue weighted by Gasteiger charge is 2.46. The lowest BCUT2D eigenvalue weighted by molar-refractivity contribution is -0.136. The number of imide groups is 2. The Morgan fingerprint density at radius 2 is 1.50 bits per heavy atom. The Kier molecular flexibility index (Phi) is 10.3. The molecule has 4 amide bonds. The lowest BCUT2D eigenvalue weighted by atomic mass is 9.78. The van der Waals surface area contributed by atoms with Crippen molar-refractivity contribution in [3.8, 4) is 11.5 Å². The number of nitrogens with one attached hydrogen (secondary N) is 1. The van der Waals surface area contributed by atoms with Crippen LogP contribution >= 0.6 is 11.6 Å². The maximum atomic E-state index is 13.6. The summed E-state index contributed by atoms with van der Waals surface area (Å²) in [5.74, 6) is 0.215. The van der Waals surface area contributed by atoms with Crippen LogP contribution < -0.4 is 19.7 Å². The number of carbonyl (C=O) groups is 4. The van der Waals surface area contributed by atoms with Crippen LogP contribution in [0.15, 0.2) is 66.7 Å². The number of likely N-dealkylation sites (tertiary alicyclic amines) is 1. The van der Waals surface area contributed by atoms with Crippen molar-refractivity contribution in [1.82, 2.24) is 15.1 Å². The van der Waals surface area contributed by atoms with Gasteiger partial charge in [0.2, 0.25) is 11.8 Å². The first kappa shape index (κ1) is 35.9. The highest BCUT2D eigenvalue weighted by atomic mass is 35.5. The summed E-state index contributed by atoms with van der Waals surface area (Å²) in [6.45, 7) is 8.68. The molecule has 2 N–H and O–H groups in total. The third-order valence-electron chi connectivity index (χ3n) is 11.0. The van der Waals surface area contributed by atoms with Crippen LogP contribution in [0.2, 0.25) is 0 Å². The molecule has 12 heteroatoms. The number of aliphatic hydroxyl groups is 1. The molecule has 4 aliphatic heterocycles. The van der Waals surface area contributed by atoms with Crippen molar-refractivity contribution in [2.45, 2.75) is 63.1 Å². The van der Waals surface area contributed by atoms with E-state index in [0.29, 0.717) is 35.4 Å². The van der Waals surface area contributed by atoms with Crippen LogP contribution in [0.3, 0.4) is 0 Å². The third-order valence-corrected chi connectivity index (χ3v) is 11.4. The van der Waals surface area contributed by atoms with E-state index in [0.717, 1.165) is 60.9 Å². The summed E-state index contributed by atoms with van der Waals surface area (Å²) in [6.07, 6.45) is 1.43. The number of nitrogens with zero attached hydrogens (tertiary/aromatic N) is 3. The fourth-order valence-corrected chi connectivity index (χ4v) is 7.89. The van der Waals surface area contributed by atoms with E-state index < -0.39 is 29.9 Å². The van der Waals surface area contributed by atoms with E-state index >= 15 is 0 Å². The minimum Gasteiger partial charge on any atom is -0.493 e. The van der Waals surface area contributed by atoms with Crippen molar-refractivity contribution in [1.29, 1.82) is 0 Å². The highest BCUT2D eigenvalue weighted by Crippen LogP contribution is 2.37. The zero-order valence-corrected chi connectivity index (χ0v) is 30.3. The Labute approximate surface area is 308 Å². The topological polar surface area (TPSA) is 129 Å². The fraction of sp³-hybridized carbons (Fsp3) is 0.450. The molecule has 0 aromatic heterocycles. The number of alkyl halides is 1. The van der Waals surface area contributed by atoms with Gasteiger partial charge in [0.25, 0.3) is 11.8 Å². The van der Waals surface area contributed by atoms with Crippen molar-refractivity contribution < 1.29 is 33.8 Å². The molecule has 274 valence electrons. The molecule has 0 radical (unpaired) electrons. The van der Waals surface area contributed by atoms with Crippen molar-refractivity contribution >= 4 is 40.9 Å². The van der Waals surface area contributed by atoms with E-state index in [9.17, 15) is 24.3 Å². The van der Waals surface area contributed by atoms with Crippen LogP contribution in [0.5, 0.6) is 11.5 Å². The Hall–Kier alpha value is -4.45. The summed E-state index contributed by atoms with van der Waals surface area (Å²) in [7, 11) is 0. The van der Waals surface area contributed by atoms with Gasteiger partial charge in [0, 0.05) is 50.0 Å². The molecule has 11 nitrogen and oxygen atoms in total. The van der Waals surface area contributed by atoms with Gasteiger partial charge in [-0.1, -0.05) is 44.2 Å². The fourth-order valence-electron chi connectivity index (χ4n) is 7.80. The van der Waals surface area contributed by atoms with Gasteiger partial charge >= 0.3 is 0 Å². The number of hydrogen-bond donors (Lipinski definition) is 2. The predicted molar refractivity (Wildman–Crippen MR) is 196 cm³/mol. The molecule has 0 saturated carbocycles. The molecule has 7 rings (SSSR count). The zero-order chi connectivity index (χ0) is 36.6. The molecule has 0 spiro atoms. The molecule has 0 aliphatic carbocycles. The highest BCUT2D eigenvalue weighted by molar-refractivity contribution is 6.25. The van der Waals surface area contributed by atoms with Gasteiger partial charge in [0.05, 0.1) is 29.3 Å². The first-order valence-electron chi connectivity index (χ1n) is 18.1. The number of piperidine rings is 2. The number of ether oxygens (including phenoxy) is 2. The molecule has 4 heterocycles. The number of benzene rings is 3. The Morgan fingerprint density at radius 1 is 0.865 bits per heavy atom. The van der Waals surface area contributed by atoms with E-state index in [1.54, 1.807) is 12.1 Å². The van der Waals surface area contributed by atoms with Crippen molar-refractivity contribution in [2.24, 2.45) is 5.92 Å². The Morgan fingerprint density at radius 3 is 2.12 bits per heavy atom. The van der Waals surface area contributed by atoms with Crippen LogP contribution in [-0.4, -0.2) is 102 Å². The van der Waals surface area contributed by atoms with Crippen LogP contribution in [-0.2, 0) is 15.0 Å². The molecule has 1 unspecified atom stereocenters. The van der Waals surface area contributed by atoms with Gasteiger partial charge in [0.15, 0.2) is 0 Å². The van der Waals surface area contributed by atoms with Gasteiger partial charge in [-0.2, -0.15) is 0 Å². The molecule has 3 fully saturated rings. The molecule has 4 aliphatic rings. The Bertz CT molecular complexity index is 1820. The summed E-state index contributed by atoms with van der Waals surface area (Å²) in [6, 6.07) is 21.0. The molecule has 0 bridgehead atoms. The van der Waals surface area contributed by atoms with Gasteiger partial charge < -0.3 is 19.5 Å². The number of anilines is 1. The quantitative estimate of drug-likeness (QED) is 0.206. The average Bonchev–Trinajstić information content (AvgIpc) is 3.39. The monoisotopic (exact) mass is 728 g/mol. The number of halogens is 1. The number of carbonyl (C=O) groups excluding carboxylic acids is 4. The molecular formula is C40H45ClN4O7. The zero-order valence-electron chi connectivity index (χ0n) is 29.6. The van der Waals surface area contributed by atoms with E-state index in [-0.39, 0.29) is 36.7 Å². The summed E-state index contributed by atoms with van der Waals surface area (Å²) in [4.78, 5) is 56.8. The molecular weight excluding hydrogens is 684 g/mol. The summed E-state index contributed by atoms with van der Waals surface area (Å²) < 4.78 is 11.8. The normalized spacial score (nSPS) is 20.8.